The van der Waals surface area contributed by atoms with Crippen molar-refractivity contribution in [1.82, 2.24) is 9.59 Å². The Morgan fingerprint density at radius 1 is 1.17 bits per heavy atom. The third kappa shape index (κ3) is 2.44. The molecule has 2 aromatic rings. The summed E-state index contributed by atoms with van der Waals surface area (Å²) in [5.41, 5.74) is 4.23. The minimum atomic E-state index is -0.623. The Morgan fingerprint density at radius 3 is 2.50 bits per heavy atom. The van der Waals surface area contributed by atoms with Crippen LogP contribution in [0.2, 0.25) is 0 Å². The van der Waals surface area contributed by atoms with Crippen molar-refractivity contribution in [3.63, 3.8) is 0 Å². The summed E-state index contributed by atoms with van der Waals surface area (Å²) in [7, 11) is 0. The molecular weight excluding hydrogens is 244 g/mol. The van der Waals surface area contributed by atoms with E-state index in [0.717, 1.165) is 16.1 Å². The molecule has 0 aliphatic heterocycles. The summed E-state index contributed by atoms with van der Waals surface area (Å²) in [6, 6.07) is 6.04. The molecule has 1 unspecified atom stereocenters. The highest BCUT2D eigenvalue weighted by atomic mass is 32.1. The monoisotopic (exact) mass is 262 g/mol. The summed E-state index contributed by atoms with van der Waals surface area (Å²) in [5.74, 6) is 0.278. The highest BCUT2D eigenvalue weighted by Crippen LogP contribution is 2.31. The zero-order valence-electron chi connectivity index (χ0n) is 11.1. The Hall–Kier alpha value is -1.26. The molecule has 0 saturated carbocycles. The normalized spacial score (nSPS) is 13.0. The molecule has 18 heavy (non-hydrogen) atoms. The Kier molecular flexibility index (Phi) is 3.78. The van der Waals surface area contributed by atoms with Crippen LogP contribution in [0.25, 0.3) is 0 Å². The first-order valence-corrected chi connectivity index (χ1v) is 6.85. The number of hydrogen-bond acceptors (Lipinski definition) is 4. The third-order valence-electron chi connectivity index (χ3n) is 3.18. The van der Waals surface area contributed by atoms with Crippen molar-refractivity contribution in [3.05, 3.63) is 45.5 Å². The van der Waals surface area contributed by atoms with Gasteiger partial charge in [-0.1, -0.05) is 36.5 Å². The van der Waals surface area contributed by atoms with Crippen LogP contribution in [-0.2, 0) is 0 Å². The molecule has 4 heteroatoms. The van der Waals surface area contributed by atoms with Crippen LogP contribution >= 0.6 is 11.5 Å². The summed E-state index contributed by atoms with van der Waals surface area (Å²) in [6.07, 6.45) is -0.623. The van der Waals surface area contributed by atoms with E-state index in [1.165, 1.54) is 22.7 Å². The molecule has 0 amide bonds. The lowest BCUT2D eigenvalue weighted by atomic mass is 9.99. The van der Waals surface area contributed by atoms with Crippen LogP contribution in [0.4, 0.5) is 0 Å². The molecule has 0 aliphatic carbocycles. The number of aliphatic hydroxyl groups excluding tert-OH is 1. The zero-order chi connectivity index (χ0) is 13.3. The number of aryl methyl sites for hydroxylation is 2. The molecule has 1 aromatic heterocycles. The van der Waals surface area contributed by atoms with Crippen LogP contribution in [0.15, 0.2) is 18.2 Å². The molecule has 2 rings (SSSR count). The molecule has 0 bridgehead atoms. The lowest BCUT2D eigenvalue weighted by Gasteiger charge is -2.13. The minimum Gasteiger partial charge on any atom is -0.383 e. The van der Waals surface area contributed by atoms with Gasteiger partial charge < -0.3 is 5.11 Å². The predicted octanol–water partition coefficient (Wildman–Crippen LogP) is 3.36. The van der Waals surface area contributed by atoms with Gasteiger partial charge in [-0.2, -0.15) is 0 Å². The SMILES string of the molecule is Cc1ccc(C(O)c2snnc2C(C)C)cc1C. The summed E-state index contributed by atoms with van der Waals surface area (Å²) in [5, 5.41) is 14.6. The maximum Gasteiger partial charge on any atom is 0.117 e. The topological polar surface area (TPSA) is 46.0 Å². The summed E-state index contributed by atoms with van der Waals surface area (Å²) in [6.45, 7) is 8.25. The second-order valence-electron chi connectivity index (χ2n) is 4.92. The number of aromatic nitrogens is 2. The molecule has 0 fully saturated rings. The fourth-order valence-corrected chi connectivity index (χ4v) is 2.70. The maximum atomic E-state index is 10.5. The van der Waals surface area contributed by atoms with Crippen LogP contribution in [0.5, 0.6) is 0 Å². The lowest BCUT2D eigenvalue weighted by Crippen LogP contribution is -2.03. The van der Waals surface area contributed by atoms with Crippen molar-refractivity contribution in [2.75, 3.05) is 0 Å². The predicted molar refractivity (Wildman–Crippen MR) is 74.0 cm³/mol. The first kappa shape index (κ1) is 13.2. The van der Waals surface area contributed by atoms with E-state index in [9.17, 15) is 5.11 Å². The van der Waals surface area contributed by atoms with Gasteiger partial charge >= 0.3 is 0 Å². The average molecular weight is 262 g/mol. The molecule has 1 heterocycles. The maximum absolute atomic E-state index is 10.5. The van der Waals surface area contributed by atoms with E-state index in [1.807, 2.05) is 18.2 Å². The lowest BCUT2D eigenvalue weighted by molar-refractivity contribution is 0.222. The van der Waals surface area contributed by atoms with Gasteiger partial charge in [0.15, 0.2) is 0 Å². The van der Waals surface area contributed by atoms with Crippen molar-refractivity contribution in [2.24, 2.45) is 0 Å². The summed E-state index contributed by atoms with van der Waals surface area (Å²) >= 11 is 1.28. The Labute approximate surface area is 112 Å². The minimum absolute atomic E-state index is 0.278. The first-order chi connectivity index (χ1) is 8.50. The molecule has 1 atom stereocenters. The van der Waals surface area contributed by atoms with Crippen LogP contribution in [0.1, 0.15) is 53.1 Å². The number of hydrogen-bond donors (Lipinski definition) is 1. The Balaban J connectivity index is 2.38. The molecule has 96 valence electrons. The van der Waals surface area contributed by atoms with Crippen LogP contribution < -0.4 is 0 Å². The van der Waals surface area contributed by atoms with Gasteiger partial charge in [0.25, 0.3) is 0 Å². The molecule has 0 spiro atoms. The van der Waals surface area contributed by atoms with Crippen LogP contribution in [-0.4, -0.2) is 14.7 Å². The van der Waals surface area contributed by atoms with Gasteiger partial charge in [-0.15, -0.1) is 5.10 Å². The third-order valence-corrected chi connectivity index (χ3v) is 3.97. The van der Waals surface area contributed by atoms with Gasteiger partial charge in [-0.3, -0.25) is 0 Å². The van der Waals surface area contributed by atoms with E-state index < -0.39 is 6.10 Å². The van der Waals surface area contributed by atoms with E-state index in [2.05, 4.69) is 37.3 Å². The standard InChI is InChI=1S/C14H18N2OS/c1-8(2)12-14(18-16-15-12)13(17)11-6-5-9(3)10(4)7-11/h5-8,13,17H,1-4H3. The number of rotatable bonds is 3. The summed E-state index contributed by atoms with van der Waals surface area (Å²) < 4.78 is 3.96. The summed E-state index contributed by atoms with van der Waals surface area (Å²) in [4.78, 5) is 0.855. The van der Waals surface area contributed by atoms with Crippen molar-refractivity contribution < 1.29 is 5.11 Å². The fourth-order valence-electron chi connectivity index (χ4n) is 1.88. The number of nitrogens with zero attached hydrogens (tertiary/aromatic N) is 2. The van der Waals surface area contributed by atoms with E-state index >= 15 is 0 Å². The van der Waals surface area contributed by atoms with E-state index in [1.54, 1.807) is 0 Å². The highest BCUT2D eigenvalue weighted by Gasteiger charge is 2.20. The van der Waals surface area contributed by atoms with Crippen molar-refractivity contribution in [2.45, 2.75) is 39.7 Å². The zero-order valence-corrected chi connectivity index (χ0v) is 12.0. The van der Waals surface area contributed by atoms with Gasteiger partial charge in [-0.25, -0.2) is 0 Å². The Bertz CT molecular complexity index is 548. The number of aliphatic hydroxyl groups is 1. The molecule has 3 nitrogen and oxygen atoms in total. The average Bonchev–Trinajstić information content (AvgIpc) is 2.81. The first-order valence-electron chi connectivity index (χ1n) is 6.08. The van der Waals surface area contributed by atoms with Crippen molar-refractivity contribution >= 4 is 11.5 Å². The number of benzene rings is 1. The van der Waals surface area contributed by atoms with Crippen molar-refractivity contribution in [1.29, 1.82) is 0 Å². The largest absolute Gasteiger partial charge is 0.383 e. The molecule has 0 aliphatic rings. The smallest absolute Gasteiger partial charge is 0.117 e. The van der Waals surface area contributed by atoms with Gasteiger partial charge in [-0.05, 0) is 48.0 Å². The van der Waals surface area contributed by atoms with Gasteiger partial charge in [0.1, 0.15) is 6.10 Å². The molecule has 1 N–H and O–H groups in total. The quantitative estimate of drug-likeness (QED) is 0.922. The van der Waals surface area contributed by atoms with Gasteiger partial charge in [0.05, 0.1) is 10.6 Å². The highest BCUT2D eigenvalue weighted by molar-refractivity contribution is 7.05. The van der Waals surface area contributed by atoms with E-state index in [-0.39, 0.29) is 5.92 Å². The second kappa shape index (κ2) is 5.16. The Morgan fingerprint density at radius 2 is 1.89 bits per heavy atom. The molecule has 1 aromatic carbocycles. The van der Waals surface area contributed by atoms with Gasteiger partial charge in [0, 0.05) is 0 Å². The molecule has 0 radical (unpaired) electrons. The van der Waals surface area contributed by atoms with E-state index in [0.29, 0.717) is 0 Å². The molecular formula is C14H18N2OS. The van der Waals surface area contributed by atoms with Crippen molar-refractivity contribution in [3.8, 4) is 0 Å². The van der Waals surface area contributed by atoms with Crippen LogP contribution in [0, 0.1) is 13.8 Å². The van der Waals surface area contributed by atoms with Gasteiger partial charge in [0.2, 0.25) is 0 Å². The van der Waals surface area contributed by atoms with E-state index in [4.69, 9.17) is 0 Å². The second-order valence-corrected chi connectivity index (χ2v) is 5.71. The van der Waals surface area contributed by atoms with Crippen LogP contribution in [0.3, 0.4) is 0 Å². The molecule has 0 saturated heterocycles. The fraction of sp³-hybridized carbons (Fsp3) is 0.429.